The van der Waals surface area contributed by atoms with Gasteiger partial charge < -0.3 is 16.2 Å². The van der Waals surface area contributed by atoms with Gasteiger partial charge in [-0.3, -0.25) is 4.98 Å². The minimum absolute atomic E-state index is 0.0146. The molecule has 1 atom stereocenters. The first-order valence-electron chi connectivity index (χ1n) is 5.88. The molecule has 5 nitrogen and oxygen atoms in total. The van der Waals surface area contributed by atoms with Crippen LogP contribution >= 0.6 is 0 Å². The van der Waals surface area contributed by atoms with Gasteiger partial charge in [0, 0.05) is 6.20 Å². The molecule has 1 aromatic heterocycles. The summed E-state index contributed by atoms with van der Waals surface area (Å²) in [6.07, 6.45) is 1.73. The quantitative estimate of drug-likeness (QED) is 0.732. The van der Waals surface area contributed by atoms with Crippen LogP contribution in [0.4, 0.5) is 11.4 Å². The van der Waals surface area contributed by atoms with E-state index >= 15 is 0 Å². The molecular formula is C14H15N3O2. The molecule has 0 saturated heterocycles. The molecule has 5 heteroatoms. The summed E-state index contributed by atoms with van der Waals surface area (Å²) in [6, 6.07) is 10.3. The van der Waals surface area contributed by atoms with Gasteiger partial charge in [-0.25, -0.2) is 4.79 Å². The van der Waals surface area contributed by atoms with Crippen molar-refractivity contribution in [2.75, 3.05) is 11.1 Å². The largest absolute Gasteiger partial charge is 0.478 e. The van der Waals surface area contributed by atoms with Crippen LogP contribution < -0.4 is 11.1 Å². The number of carbonyl (C=O) groups is 1. The predicted molar refractivity (Wildman–Crippen MR) is 74.1 cm³/mol. The molecule has 1 aromatic carbocycles. The highest BCUT2D eigenvalue weighted by Gasteiger charge is 2.10. The lowest BCUT2D eigenvalue weighted by atomic mass is 10.1. The molecule has 4 N–H and O–H groups in total. The molecule has 0 aliphatic carbocycles. The van der Waals surface area contributed by atoms with E-state index in [1.54, 1.807) is 12.3 Å². The molecule has 0 fully saturated rings. The summed E-state index contributed by atoms with van der Waals surface area (Å²) in [5.41, 5.74) is 8.01. The first-order valence-corrected chi connectivity index (χ1v) is 5.88. The van der Waals surface area contributed by atoms with Gasteiger partial charge >= 0.3 is 5.97 Å². The molecule has 0 aliphatic heterocycles. The molecule has 0 aliphatic rings. The van der Waals surface area contributed by atoms with E-state index in [4.69, 9.17) is 10.8 Å². The standard InChI is InChI=1S/C14H15N3O2/c1-9(12-4-2-3-7-16-12)17-13-6-5-10(14(18)19)8-11(13)15/h2-9,17H,15H2,1H3,(H,18,19). The summed E-state index contributed by atoms with van der Waals surface area (Å²) < 4.78 is 0. The van der Waals surface area contributed by atoms with Crippen LogP contribution in [-0.4, -0.2) is 16.1 Å². The van der Waals surface area contributed by atoms with Crippen LogP contribution in [-0.2, 0) is 0 Å². The van der Waals surface area contributed by atoms with E-state index in [1.165, 1.54) is 12.1 Å². The fourth-order valence-electron chi connectivity index (χ4n) is 1.77. The number of hydrogen-bond acceptors (Lipinski definition) is 4. The molecule has 2 rings (SSSR count). The van der Waals surface area contributed by atoms with Gasteiger partial charge in [-0.15, -0.1) is 0 Å². The van der Waals surface area contributed by atoms with Crippen molar-refractivity contribution in [3.8, 4) is 0 Å². The van der Waals surface area contributed by atoms with Crippen LogP contribution in [0.5, 0.6) is 0 Å². The summed E-state index contributed by atoms with van der Waals surface area (Å²) >= 11 is 0. The second-order valence-electron chi connectivity index (χ2n) is 4.23. The Morgan fingerprint density at radius 2 is 2.16 bits per heavy atom. The number of carboxylic acid groups (broad SMARTS) is 1. The van der Waals surface area contributed by atoms with E-state index in [2.05, 4.69) is 10.3 Å². The molecule has 2 aromatic rings. The maximum atomic E-state index is 10.8. The molecule has 1 heterocycles. The molecule has 0 radical (unpaired) electrons. The number of pyridine rings is 1. The van der Waals surface area contributed by atoms with E-state index in [0.29, 0.717) is 11.4 Å². The Bertz CT molecular complexity index is 584. The Morgan fingerprint density at radius 1 is 1.37 bits per heavy atom. The molecule has 0 bridgehead atoms. The first-order chi connectivity index (χ1) is 9.08. The number of aromatic carboxylic acids is 1. The fraction of sp³-hybridized carbons (Fsp3) is 0.143. The molecule has 1 unspecified atom stereocenters. The number of aromatic nitrogens is 1. The lowest BCUT2D eigenvalue weighted by molar-refractivity contribution is 0.0697. The van der Waals surface area contributed by atoms with Gasteiger partial charge in [-0.05, 0) is 37.3 Å². The van der Waals surface area contributed by atoms with Crippen molar-refractivity contribution < 1.29 is 9.90 Å². The predicted octanol–water partition coefficient (Wildman–Crippen LogP) is 2.54. The number of nitrogens with zero attached hydrogens (tertiary/aromatic N) is 1. The van der Waals surface area contributed by atoms with Crippen molar-refractivity contribution in [2.24, 2.45) is 0 Å². The Balaban J connectivity index is 2.18. The summed E-state index contributed by atoms with van der Waals surface area (Å²) in [5.74, 6) is -0.990. The van der Waals surface area contributed by atoms with Crippen LogP contribution in [0, 0.1) is 0 Å². The molecule has 0 spiro atoms. The van der Waals surface area contributed by atoms with Crippen molar-refractivity contribution in [2.45, 2.75) is 13.0 Å². The molecule has 19 heavy (non-hydrogen) atoms. The summed E-state index contributed by atoms with van der Waals surface area (Å²) in [6.45, 7) is 1.97. The number of rotatable bonds is 4. The topological polar surface area (TPSA) is 88.2 Å². The van der Waals surface area contributed by atoms with Gasteiger partial charge in [0.05, 0.1) is 28.7 Å². The van der Waals surface area contributed by atoms with Crippen LogP contribution in [0.25, 0.3) is 0 Å². The Hall–Kier alpha value is -2.56. The maximum Gasteiger partial charge on any atom is 0.335 e. The van der Waals surface area contributed by atoms with Crippen molar-refractivity contribution in [3.63, 3.8) is 0 Å². The van der Waals surface area contributed by atoms with Crippen LogP contribution in [0.1, 0.15) is 29.0 Å². The fourth-order valence-corrected chi connectivity index (χ4v) is 1.77. The number of nitrogens with one attached hydrogen (secondary N) is 1. The van der Waals surface area contributed by atoms with Gasteiger partial charge in [0.15, 0.2) is 0 Å². The SMILES string of the molecule is CC(Nc1ccc(C(=O)O)cc1N)c1ccccn1. The monoisotopic (exact) mass is 257 g/mol. The normalized spacial score (nSPS) is 11.8. The number of nitrogens with two attached hydrogens (primary N) is 1. The maximum absolute atomic E-state index is 10.8. The van der Waals surface area contributed by atoms with Gasteiger partial charge in [0.2, 0.25) is 0 Å². The number of carboxylic acids is 1. The number of hydrogen-bond donors (Lipinski definition) is 3. The van der Waals surface area contributed by atoms with Gasteiger partial charge in [0.25, 0.3) is 0 Å². The van der Waals surface area contributed by atoms with Crippen molar-refractivity contribution in [1.29, 1.82) is 0 Å². The van der Waals surface area contributed by atoms with E-state index in [0.717, 1.165) is 5.69 Å². The average Bonchev–Trinajstić information content (AvgIpc) is 2.41. The lowest BCUT2D eigenvalue weighted by Gasteiger charge is -2.16. The lowest BCUT2D eigenvalue weighted by Crippen LogP contribution is -2.10. The molecular weight excluding hydrogens is 242 g/mol. The molecule has 0 saturated carbocycles. The first kappa shape index (κ1) is 12.9. The third-order valence-corrected chi connectivity index (χ3v) is 2.80. The van der Waals surface area contributed by atoms with Gasteiger partial charge in [-0.2, -0.15) is 0 Å². The van der Waals surface area contributed by atoms with Crippen LogP contribution in [0.15, 0.2) is 42.6 Å². The molecule has 98 valence electrons. The Labute approximate surface area is 111 Å². The van der Waals surface area contributed by atoms with Crippen LogP contribution in [0.3, 0.4) is 0 Å². The van der Waals surface area contributed by atoms with E-state index < -0.39 is 5.97 Å². The summed E-state index contributed by atoms with van der Waals surface area (Å²) in [4.78, 5) is 15.1. The van der Waals surface area contributed by atoms with E-state index in [1.807, 2.05) is 25.1 Å². The summed E-state index contributed by atoms with van der Waals surface area (Å²) in [5, 5.41) is 12.1. The zero-order valence-corrected chi connectivity index (χ0v) is 10.5. The number of nitrogen functional groups attached to an aromatic ring is 1. The Kier molecular flexibility index (Phi) is 3.66. The molecule has 0 amide bonds. The zero-order valence-electron chi connectivity index (χ0n) is 10.5. The highest BCUT2D eigenvalue weighted by Crippen LogP contribution is 2.24. The van der Waals surface area contributed by atoms with E-state index in [-0.39, 0.29) is 11.6 Å². The second kappa shape index (κ2) is 5.39. The van der Waals surface area contributed by atoms with Crippen molar-refractivity contribution >= 4 is 17.3 Å². The third kappa shape index (κ3) is 3.01. The van der Waals surface area contributed by atoms with Gasteiger partial charge in [0.1, 0.15) is 0 Å². The number of benzene rings is 1. The second-order valence-corrected chi connectivity index (χ2v) is 4.23. The minimum atomic E-state index is -0.990. The minimum Gasteiger partial charge on any atom is -0.478 e. The van der Waals surface area contributed by atoms with Crippen molar-refractivity contribution in [3.05, 3.63) is 53.9 Å². The number of anilines is 2. The average molecular weight is 257 g/mol. The van der Waals surface area contributed by atoms with Crippen LogP contribution in [0.2, 0.25) is 0 Å². The summed E-state index contributed by atoms with van der Waals surface area (Å²) in [7, 11) is 0. The highest BCUT2D eigenvalue weighted by atomic mass is 16.4. The van der Waals surface area contributed by atoms with Crippen molar-refractivity contribution in [1.82, 2.24) is 4.98 Å². The smallest absolute Gasteiger partial charge is 0.335 e. The highest BCUT2D eigenvalue weighted by molar-refractivity contribution is 5.90. The Morgan fingerprint density at radius 3 is 2.74 bits per heavy atom. The zero-order chi connectivity index (χ0) is 13.8. The van der Waals surface area contributed by atoms with E-state index in [9.17, 15) is 4.79 Å². The van der Waals surface area contributed by atoms with Gasteiger partial charge in [-0.1, -0.05) is 6.07 Å². The third-order valence-electron chi connectivity index (χ3n) is 2.80.